The Kier molecular flexibility index (Phi) is 3.25. The Hall–Kier alpha value is -1.35. The molecule has 1 aromatic rings. The van der Waals surface area contributed by atoms with Crippen molar-refractivity contribution in [1.29, 1.82) is 0 Å². The number of aliphatic imine (C=N–C) groups is 1. The second-order valence-corrected chi connectivity index (χ2v) is 4.63. The highest BCUT2D eigenvalue weighted by molar-refractivity contribution is 5.98. The van der Waals surface area contributed by atoms with Gasteiger partial charge >= 0.3 is 0 Å². The van der Waals surface area contributed by atoms with E-state index in [9.17, 15) is 0 Å². The summed E-state index contributed by atoms with van der Waals surface area (Å²) in [4.78, 5) is 4.53. The Morgan fingerprint density at radius 3 is 2.38 bits per heavy atom. The first-order valence-corrected chi connectivity index (χ1v) is 5.85. The summed E-state index contributed by atoms with van der Waals surface area (Å²) in [5.74, 6) is 6.86. The molecule has 3 N–H and O–H groups in total. The normalized spacial score (nSPS) is 16.6. The Labute approximate surface area is 96.7 Å². The second-order valence-electron chi connectivity index (χ2n) is 4.63. The molecule has 86 valence electrons. The lowest BCUT2D eigenvalue weighted by Gasteiger charge is -2.08. The van der Waals surface area contributed by atoms with Crippen LogP contribution in [0.2, 0.25) is 0 Å². The van der Waals surface area contributed by atoms with Gasteiger partial charge < -0.3 is 5.43 Å². The number of rotatable bonds is 3. The number of hydrogen-bond donors (Lipinski definition) is 2. The van der Waals surface area contributed by atoms with Gasteiger partial charge in [0.1, 0.15) is 5.84 Å². The molecule has 0 unspecified atom stereocenters. The van der Waals surface area contributed by atoms with E-state index in [1.165, 1.54) is 18.4 Å². The van der Waals surface area contributed by atoms with Crippen molar-refractivity contribution in [2.45, 2.75) is 38.6 Å². The van der Waals surface area contributed by atoms with Gasteiger partial charge in [-0.05, 0) is 24.3 Å². The van der Waals surface area contributed by atoms with E-state index in [0.29, 0.717) is 12.0 Å². The number of benzene rings is 1. The molecule has 3 heteroatoms. The minimum absolute atomic E-state index is 0.482. The van der Waals surface area contributed by atoms with Crippen LogP contribution in [0.3, 0.4) is 0 Å². The van der Waals surface area contributed by atoms with Crippen LogP contribution in [-0.2, 0) is 0 Å². The topological polar surface area (TPSA) is 50.4 Å². The van der Waals surface area contributed by atoms with Crippen LogP contribution in [0.5, 0.6) is 0 Å². The van der Waals surface area contributed by atoms with Crippen molar-refractivity contribution in [1.82, 2.24) is 5.43 Å². The zero-order valence-corrected chi connectivity index (χ0v) is 9.90. The van der Waals surface area contributed by atoms with Crippen LogP contribution in [0.25, 0.3) is 0 Å². The van der Waals surface area contributed by atoms with Crippen molar-refractivity contribution in [2.24, 2.45) is 10.8 Å². The second kappa shape index (κ2) is 4.66. The minimum atomic E-state index is 0.482. The molecule has 1 aliphatic rings. The molecular weight excluding hydrogens is 198 g/mol. The third-order valence-electron chi connectivity index (χ3n) is 2.85. The number of nitrogens with one attached hydrogen (secondary N) is 1. The molecule has 1 saturated carbocycles. The predicted octanol–water partition coefficient (Wildman–Crippen LogP) is 2.18. The zero-order chi connectivity index (χ0) is 11.5. The fourth-order valence-electron chi connectivity index (χ4n) is 1.61. The average molecular weight is 217 g/mol. The van der Waals surface area contributed by atoms with Gasteiger partial charge in [-0.1, -0.05) is 38.1 Å². The molecule has 0 saturated heterocycles. The van der Waals surface area contributed by atoms with Gasteiger partial charge in [0.05, 0.1) is 6.04 Å². The predicted molar refractivity (Wildman–Crippen MR) is 67.4 cm³/mol. The summed E-state index contributed by atoms with van der Waals surface area (Å²) < 4.78 is 0. The summed E-state index contributed by atoms with van der Waals surface area (Å²) in [6, 6.07) is 8.92. The maximum atomic E-state index is 5.50. The van der Waals surface area contributed by atoms with Gasteiger partial charge in [0, 0.05) is 5.56 Å². The average Bonchev–Trinajstić information content (AvgIpc) is 3.10. The van der Waals surface area contributed by atoms with Gasteiger partial charge in [0.2, 0.25) is 0 Å². The zero-order valence-electron chi connectivity index (χ0n) is 9.90. The molecule has 0 atom stereocenters. The van der Waals surface area contributed by atoms with Crippen LogP contribution in [0.15, 0.2) is 29.3 Å². The van der Waals surface area contributed by atoms with Crippen LogP contribution < -0.4 is 11.3 Å². The Morgan fingerprint density at radius 1 is 1.31 bits per heavy atom. The van der Waals surface area contributed by atoms with Crippen molar-refractivity contribution < 1.29 is 0 Å². The fourth-order valence-corrected chi connectivity index (χ4v) is 1.61. The summed E-state index contributed by atoms with van der Waals surface area (Å²) in [6.45, 7) is 4.38. The van der Waals surface area contributed by atoms with E-state index in [1.54, 1.807) is 0 Å². The molecule has 0 amide bonds. The van der Waals surface area contributed by atoms with Gasteiger partial charge in [0.25, 0.3) is 0 Å². The number of hydrogen-bond acceptors (Lipinski definition) is 2. The SMILES string of the molecule is CC(C)c1ccc(C(=NC2CC2)NN)cc1. The molecule has 0 aromatic heterocycles. The third kappa shape index (κ3) is 2.61. The summed E-state index contributed by atoms with van der Waals surface area (Å²) in [6.07, 6.45) is 2.38. The van der Waals surface area contributed by atoms with E-state index < -0.39 is 0 Å². The van der Waals surface area contributed by atoms with E-state index in [4.69, 9.17) is 5.84 Å². The highest BCUT2D eigenvalue weighted by Gasteiger charge is 2.21. The molecule has 0 heterocycles. The lowest BCUT2D eigenvalue weighted by Crippen LogP contribution is -2.31. The van der Waals surface area contributed by atoms with Crippen LogP contribution in [0.4, 0.5) is 0 Å². The first-order valence-electron chi connectivity index (χ1n) is 5.85. The van der Waals surface area contributed by atoms with Gasteiger partial charge in [-0.15, -0.1) is 0 Å². The highest BCUT2D eigenvalue weighted by Crippen LogP contribution is 2.24. The summed E-state index contributed by atoms with van der Waals surface area (Å²) in [5, 5.41) is 0. The summed E-state index contributed by atoms with van der Waals surface area (Å²) in [7, 11) is 0. The van der Waals surface area contributed by atoms with Crippen molar-refractivity contribution in [3.63, 3.8) is 0 Å². The molecule has 1 fully saturated rings. The number of nitrogens with zero attached hydrogens (tertiary/aromatic N) is 1. The molecular formula is C13H19N3. The molecule has 0 bridgehead atoms. The molecule has 16 heavy (non-hydrogen) atoms. The van der Waals surface area contributed by atoms with E-state index in [2.05, 4.69) is 48.5 Å². The molecule has 3 nitrogen and oxygen atoms in total. The lowest BCUT2D eigenvalue weighted by atomic mass is 10.0. The first-order chi connectivity index (χ1) is 7.70. The van der Waals surface area contributed by atoms with Crippen molar-refractivity contribution in [3.05, 3.63) is 35.4 Å². The van der Waals surface area contributed by atoms with E-state index in [0.717, 1.165) is 11.4 Å². The van der Waals surface area contributed by atoms with E-state index in [-0.39, 0.29) is 0 Å². The van der Waals surface area contributed by atoms with Crippen LogP contribution in [0.1, 0.15) is 43.7 Å². The maximum absolute atomic E-state index is 5.50. The lowest BCUT2D eigenvalue weighted by molar-refractivity contribution is 0.866. The van der Waals surface area contributed by atoms with Crippen molar-refractivity contribution >= 4 is 5.84 Å². The first kappa shape index (κ1) is 11.1. The van der Waals surface area contributed by atoms with E-state index >= 15 is 0 Å². The Morgan fingerprint density at radius 2 is 1.94 bits per heavy atom. The van der Waals surface area contributed by atoms with Gasteiger partial charge in [0.15, 0.2) is 0 Å². The van der Waals surface area contributed by atoms with Gasteiger partial charge in [-0.2, -0.15) is 0 Å². The van der Waals surface area contributed by atoms with Crippen molar-refractivity contribution in [2.75, 3.05) is 0 Å². The number of hydrazine groups is 1. The molecule has 2 rings (SSSR count). The quantitative estimate of drug-likeness (QED) is 0.353. The monoisotopic (exact) mass is 217 g/mol. The maximum Gasteiger partial charge on any atom is 0.142 e. The smallest absolute Gasteiger partial charge is 0.142 e. The fraction of sp³-hybridized carbons (Fsp3) is 0.462. The largest absolute Gasteiger partial charge is 0.308 e. The van der Waals surface area contributed by atoms with Crippen LogP contribution >= 0.6 is 0 Å². The Balaban J connectivity index is 2.18. The van der Waals surface area contributed by atoms with Crippen molar-refractivity contribution in [3.8, 4) is 0 Å². The molecule has 0 spiro atoms. The van der Waals surface area contributed by atoms with Crippen LogP contribution in [0, 0.1) is 0 Å². The van der Waals surface area contributed by atoms with Gasteiger partial charge in [-0.25, -0.2) is 5.84 Å². The summed E-state index contributed by atoms with van der Waals surface area (Å²) in [5.41, 5.74) is 5.10. The highest BCUT2D eigenvalue weighted by atomic mass is 15.3. The van der Waals surface area contributed by atoms with Crippen LogP contribution in [-0.4, -0.2) is 11.9 Å². The number of amidine groups is 1. The molecule has 1 aliphatic carbocycles. The summed E-state index contributed by atoms with van der Waals surface area (Å²) >= 11 is 0. The third-order valence-corrected chi connectivity index (χ3v) is 2.85. The van der Waals surface area contributed by atoms with E-state index in [1.807, 2.05) is 0 Å². The number of nitrogens with two attached hydrogens (primary N) is 1. The van der Waals surface area contributed by atoms with Gasteiger partial charge in [-0.3, -0.25) is 4.99 Å². The molecule has 1 aromatic carbocycles. The standard InChI is InChI=1S/C13H19N3/c1-9(2)10-3-5-11(6-4-10)13(16-14)15-12-7-8-12/h3-6,9,12H,7-8,14H2,1-2H3,(H,15,16). The molecule has 0 aliphatic heterocycles. The Bertz CT molecular complexity index is 375. The molecule has 0 radical (unpaired) electrons. The minimum Gasteiger partial charge on any atom is -0.308 e.